The standard InChI is InChI=1S/C24H22Cl2F4N2O4.C8H11N.C7H10O3.C6H2ClFN2.C2H3ClO2/c1-2-36-22(35)15-9-23(10-15,20(33)8-19-18(27)7-17(26)12-31-19)32(21(34)11-25)13-14-3-5-16(6-4-14)24(28,29)30;1-7-2-4-8(6-9)5-3-7;1-2-10-7(9)5-3-6(8)4-5;1-9-6-5(8)2-4(7)3-10-6;3-1-2(4)5/h3-7,12,15H,2,8-11,13H2,1H3;2-5H,6,9H2,1H3;5H,2-4H2,1H3;2-3H;1H2,(H,4,5). The molecule has 2 aliphatic rings. The van der Waals surface area contributed by atoms with Gasteiger partial charge in [-0.05, 0) is 69.0 Å². The number of carbonyl (C=O) groups excluding carboxylic acids is 5. The van der Waals surface area contributed by atoms with Gasteiger partial charge >= 0.3 is 29.9 Å². The van der Waals surface area contributed by atoms with E-state index in [1.54, 1.807) is 13.8 Å². The van der Waals surface area contributed by atoms with Crippen molar-refractivity contribution in [3.05, 3.63) is 134 Å². The van der Waals surface area contributed by atoms with Crippen molar-refractivity contribution >= 4 is 87.6 Å². The van der Waals surface area contributed by atoms with Crippen molar-refractivity contribution in [3.8, 4) is 0 Å². The second-order valence-corrected chi connectivity index (χ2v) is 16.5. The van der Waals surface area contributed by atoms with Gasteiger partial charge in [-0.2, -0.15) is 13.2 Å². The molecular weight excluding hydrogens is 1020 g/mol. The van der Waals surface area contributed by atoms with E-state index in [0.29, 0.717) is 31.6 Å². The molecule has 3 N–H and O–H groups in total. The van der Waals surface area contributed by atoms with Crippen molar-refractivity contribution in [1.82, 2.24) is 14.9 Å². The van der Waals surface area contributed by atoms with Gasteiger partial charge in [0.1, 0.15) is 35.1 Å². The minimum Gasteiger partial charge on any atom is -0.480 e. The number of carbonyl (C=O) groups is 6. The number of aryl methyl sites for hydroxylation is 1. The van der Waals surface area contributed by atoms with Gasteiger partial charge in [-0.25, -0.2) is 8.78 Å². The minimum atomic E-state index is -4.54. The molecule has 6 rings (SSSR count). The van der Waals surface area contributed by atoms with Crippen molar-refractivity contribution in [2.75, 3.05) is 25.0 Å². The first-order chi connectivity index (χ1) is 33.0. The summed E-state index contributed by atoms with van der Waals surface area (Å²) in [5, 5.41) is 7.82. The highest BCUT2D eigenvalue weighted by Crippen LogP contribution is 2.46. The van der Waals surface area contributed by atoms with Crippen LogP contribution in [0.5, 0.6) is 0 Å². The molecule has 14 nitrogen and oxygen atoms in total. The molecule has 0 unspecified atom stereocenters. The second-order valence-electron chi connectivity index (χ2n) is 15.1. The maximum Gasteiger partial charge on any atom is 0.416 e. The molecule has 2 aliphatic carbocycles. The number of rotatable bonds is 13. The fourth-order valence-corrected chi connectivity index (χ4v) is 6.77. The van der Waals surface area contributed by atoms with Crippen molar-refractivity contribution in [1.29, 1.82) is 0 Å². The number of nitrogens with two attached hydrogens (primary N) is 1. The maximum atomic E-state index is 14.4. The van der Waals surface area contributed by atoms with Crippen molar-refractivity contribution in [2.45, 2.75) is 77.7 Å². The lowest BCUT2D eigenvalue weighted by atomic mass is 9.63. The first kappa shape index (κ1) is 60.3. The van der Waals surface area contributed by atoms with E-state index < -0.39 is 70.8 Å². The Labute approximate surface area is 420 Å². The van der Waals surface area contributed by atoms with Crippen molar-refractivity contribution in [2.24, 2.45) is 17.6 Å². The van der Waals surface area contributed by atoms with E-state index in [-0.39, 0.29) is 71.1 Å². The SMILES string of the molecule is CCOC(=O)C1CC(=O)C1.CCOC(=O)C1CC(C(=O)Cc2ncc(Cl)cc2F)(N(Cc2ccc(C(F)(F)F)cc2)C(=O)CCl)C1.Cc1ccc(CN)cc1.O=C(O)CCl.[C-]#[N+]c1ncc(Cl)cc1F. The number of aliphatic carboxylic acids is 1. The molecule has 2 aromatic carbocycles. The summed E-state index contributed by atoms with van der Waals surface area (Å²) in [5.74, 6) is -6.25. The molecule has 2 fully saturated rings. The van der Waals surface area contributed by atoms with Gasteiger partial charge in [-0.1, -0.05) is 71.7 Å². The molecular formula is C47H48Cl4F5N5O9. The molecule has 0 atom stereocenters. The number of pyridine rings is 2. The van der Waals surface area contributed by atoms with Crippen LogP contribution in [0.3, 0.4) is 0 Å². The molecule has 378 valence electrons. The zero-order valence-electron chi connectivity index (χ0n) is 37.8. The molecule has 0 spiro atoms. The number of hydrogen-bond donors (Lipinski definition) is 2. The van der Waals surface area contributed by atoms with E-state index in [2.05, 4.69) is 46.0 Å². The maximum absolute atomic E-state index is 14.4. The van der Waals surface area contributed by atoms with Gasteiger partial charge in [0.25, 0.3) is 0 Å². The molecule has 2 heterocycles. The Balaban J connectivity index is 0.000000393. The highest BCUT2D eigenvalue weighted by molar-refractivity contribution is 6.30. The monoisotopic (exact) mass is 1060 g/mol. The Kier molecular flexibility index (Phi) is 25.4. The van der Waals surface area contributed by atoms with E-state index in [9.17, 15) is 50.7 Å². The number of ketones is 2. The molecule has 0 saturated heterocycles. The van der Waals surface area contributed by atoms with E-state index in [4.69, 9.17) is 73.3 Å². The van der Waals surface area contributed by atoms with E-state index >= 15 is 0 Å². The molecule has 23 heteroatoms. The predicted molar refractivity (Wildman–Crippen MR) is 250 cm³/mol. The summed E-state index contributed by atoms with van der Waals surface area (Å²) < 4.78 is 75.4. The number of carboxylic acid groups (broad SMARTS) is 1. The van der Waals surface area contributed by atoms with Gasteiger partial charge in [0.2, 0.25) is 5.91 Å². The number of aromatic nitrogens is 2. The summed E-state index contributed by atoms with van der Waals surface area (Å²) in [4.78, 5) is 80.4. The van der Waals surface area contributed by atoms with E-state index in [1.165, 1.54) is 35.7 Å². The second kappa shape index (κ2) is 29.4. The van der Waals surface area contributed by atoms with Crippen molar-refractivity contribution in [3.63, 3.8) is 0 Å². The van der Waals surface area contributed by atoms with Gasteiger partial charge in [0.05, 0.1) is 52.8 Å². The number of nitrogens with zero attached hydrogens (tertiary/aromatic N) is 4. The Bertz CT molecular complexity index is 2450. The molecule has 2 saturated carbocycles. The average molecular weight is 1060 g/mol. The topological polar surface area (TPSA) is 201 Å². The quantitative estimate of drug-likeness (QED) is 0.0557. The fourth-order valence-electron chi connectivity index (χ4n) is 6.33. The number of halogens is 9. The lowest BCUT2D eigenvalue weighted by Crippen LogP contribution is -2.65. The third-order valence-electron chi connectivity index (χ3n) is 10.0. The summed E-state index contributed by atoms with van der Waals surface area (Å²) in [6.07, 6.45) is -2.08. The Morgan fingerprint density at radius 2 is 1.34 bits per heavy atom. The van der Waals surface area contributed by atoms with Gasteiger partial charge in [0.15, 0.2) is 11.6 Å². The number of carboxylic acids is 1. The summed E-state index contributed by atoms with van der Waals surface area (Å²) in [6.45, 7) is 12.8. The number of ether oxygens (including phenoxy) is 2. The normalized spacial score (nSPS) is 15.6. The molecule has 2 aromatic heterocycles. The molecule has 0 aliphatic heterocycles. The predicted octanol–water partition coefficient (Wildman–Crippen LogP) is 9.70. The van der Waals surface area contributed by atoms with Crippen LogP contribution in [-0.2, 0) is 63.9 Å². The van der Waals surface area contributed by atoms with Crippen LogP contribution in [0.2, 0.25) is 10.0 Å². The van der Waals surface area contributed by atoms with Crippen molar-refractivity contribution < 1.29 is 65.3 Å². The smallest absolute Gasteiger partial charge is 0.416 e. The van der Waals surface area contributed by atoms with Crippen LogP contribution in [0.25, 0.3) is 4.85 Å². The largest absolute Gasteiger partial charge is 0.480 e. The lowest BCUT2D eigenvalue weighted by Gasteiger charge is -2.52. The zero-order valence-corrected chi connectivity index (χ0v) is 40.9. The molecule has 70 heavy (non-hydrogen) atoms. The van der Waals surface area contributed by atoms with Gasteiger partial charge in [-0.15, -0.1) is 28.2 Å². The van der Waals surface area contributed by atoms with Crippen LogP contribution in [0.15, 0.2) is 73.1 Å². The minimum absolute atomic E-state index is 0.0330. The highest BCUT2D eigenvalue weighted by atomic mass is 35.5. The van der Waals surface area contributed by atoms with Gasteiger partial charge in [0, 0.05) is 32.1 Å². The van der Waals surface area contributed by atoms with Crippen LogP contribution in [0.1, 0.15) is 67.5 Å². The highest BCUT2D eigenvalue weighted by Gasteiger charge is 2.57. The molecule has 4 aromatic rings. The van der Waals surface area contributed by atoms with Gasteiger partial charge in [-0.3, -0.25) is 33.8 Å². The van der Waals surface area contributed by atoms with E-state index in [0.717, 1.165) is 29.2 Å². The van der Waals surface area contributed by atoms with Crippen LogP contribution in [0, 0.1) is 37.0 Å². The zero-order chi connectivity index (χ0) is 52.8. The van der Waals surface area contributed by atoms with Crippen LogP contribution in [0.4, 0.5) is 27.8 Å². The molecule has 1 amide bonds. The summed E-state index contributed by atoms with van der Waals surface area (Å²) in [5.41, 5.74) is 5.56. The fraction of sp³-hybridized carbons (Fsp3) is 0.383. The number of benzene rings is 2. The van der Waals surface area contributed by atoms with Crippen LogP contribution in [-0.4, -0.2) is 85.9 Å². The first-order valence-corrected chi connectivity index (χ1v) is 22.7. The molecule has 0 radical (unpaired) electrons. The Morgan fingerprint density at radius 1 is 0.843 bits per heavy atom. The summed E-state index contributed by atoms with van der Waals surface area (Å²) in [6, 6.07) is 14.4. The van der Waals surface area contributed by atoms with Crippen LogP contribution >= 0.6 is 46.4 Å². The summed E-state index contributed by atoms with van der Waals surface area (Å²) >= 11 is 21.6. The Morgan fingerprint density at radius 3 is 1.77 bits per heavy atom. The Hall–Kier alpha value is -5.78. The average Bonchev–Trinajstić information content (AvgIpc) is 3.29. The third-order valence-corrected chi connectivity index (χ3v) is 10.9. The first-order valence-electron chi connectivity index (χ1n) is 20.9. The van der Waals surface area contributed by atoms with Crippen LogP contribution < -0.4 is 5.73 Å². The number of alkyl halides is 5. The number of hydrogen-bond acceptors (Lipinski definition) is 11. The molecule has 0 bridgehead atoms. The number of esters is 2. The van der Waals surface area contributed by atoms with Gasteiger partial charge < -0.3 is 30.1 Å². The van der Waals surface area contributed by atoms with E-state index in [1.807, 2.05) is 0 Å². The number of amides is 1. The third kappa shape index (κ3) is 19.2. The number of Topliss-reactive ketones (excluding diaryl/α,β-unsaturated/α-hetero) is 2. The summed E-state index contributed by atoms with van der Waals surface area (Å²) in [7, 11) is 0. The lowest BCUT2D eigenvalue weighted by molar-refractivity contribution is -0.168.